The maximum absolute atomic E-state index is 12.6. The third kappa shape index (κ3) is 6.00. The van der Waals surface area contributed by atoms with Crippen molar-refractivity contribution < 1.29 is 23.5 Å². The zero-order chi connectivity index (χ0) is 24.5. The minimum atomic E-state index is -2.82. The van der Waals surface area contributed by atoms with Crippen LogP contribution in [0, 0.1) is 11.8 Å². The fourth-order valence-corrected chi connectivity index (χ4v) is 9.03. The van der Waals surface area contributed by atoms with Gasteiger partial charge in [0.2, 0.25) is 0 Å². The van der Waals surface area contributed by atoms with Crippen LogP contribution in [0.25, 0.3) is 0 Å². The molecule has 0 fully saturated rings. The number of carbonyl (C=O) groups excluding carboxylic acids is 2. The molecule has 0 saturated heterocycles. The summed E-state index contributed by atoms with van der Waals surface area (Å²) in [6, 6.07) is 20.5. The van der Waals surface area contributed by atoms with Crippen molar-refractivity contribution in [1.82, 2.24) is 0 Å². The summed E-state index contributed by atoms with van der Waals surface area (Å²) in [5, 5.41) is 2.06. The van der Waals surface area contributed by atoms with Gasteiger partial charge in [-0.2, -0.15) is 0 Å². The number of hydrogen-bond acceptors (Lipinski definition) is 5. The molecule has 2 aromatic rings. The summed E-state index contributed by atoms with van der Waals surface area (Å²) < 4.78 is 16.9. The quantitative estimate of drug-likeness (QED) is 0.215. The van der Waals surface area contributed by atoms with Crippen LogP contribution in [0.4, 0.5) is 0 Å². The second-order valence-electron chi connectivity index (χ2n) is 9.12. The molecule has 2 rings (SSSR count). The highest BCUT2D eigenvalue weighted by molar-refractivity contribution is 6.99. The SMILES string of the molecule is C=CCCC(CO[Si](c1ccccc1)(c1ccccc1)C(C)(C)C)C(C(=O)OC)C(=O)OC. The van der Waals surface area contributed by atoms with Gasteiger partial charge in [-0.1, -0.05) is 87.5 Å². The van der Waals surface area contributed by atoms with E-state index in [4.69, 9.17) is 13.9 Å². The van der Waals surface area contributed by atoms with Crippen LogP contribution >= 0.6 is 0 Å². The summed E-state index contributed by atoms with van der Waals surface area (Å²) in [7, 11) is -0.250. The summed E-state index contributed by atoms with van der Waals surface area (Å²) in [4.78, 5) is 25.2. The Labute approximate surface area is 198 Å². The number of ether oxygens (including phenoxy) is 2. The lowest BCUT2D eigenvalue weighted by Gasteiger charge is -2.44. The van der Waals surface area contributed by atoms with Gasteiger partial charge in [0.05, 0.1) is 14.2 Å². The number of carbonyl (C=O) groups is 2. The minimum absolute atomic E-state index is 0.218. The van der Waals surface area contributed by atoms with Crippen LogP contribution in [-0.2, 0) is 23.5 Å². The largest absolute Gasteiger partial charge is 0.468 e. The lowest BCUT2D eigenvalue weighted by Crippen LogP contribution is -2.67. The molecule has 33 heavy (non-hydrogen) atoms. The number of rotatable bonds is 11. The van der Waals surface area contributed by atoms with E-state index in [-0.39, 0.29) is 11.6 Å². The van der Waals surface area contributed by atoms with Crippen LogP contribution in [-0.4, -0.2) is 41.1 Å². The van der Waals surface area contributed by atoms with Gasteiger partial charge in [-0.25, -0.2) is 0 Å². The van der Waals surface area contributed by atoms with E-state index in [0.717, 1.165) is 10.4 Å². The monoisotopic (exact) mass is 468 g/mol. The van der Waals surface area contributed by atoms with Crippen molar-refractivity contribution in [2.45, 2.75) is 38.7 Å². The summed E-state index contributed by atoms with van der Waals surface area (Å²) in [6.45, 7) is 10.6. The second-order valence-corrected chi connectivity index (χ2v) is 13.4. The third-order valence-electron chi connectivity index (χ3n) is 6.05. The first-order chi connectivity index (χ1) is 15.7. The van der Waals surface area contributed by atoms with Crippen LogP contribution < -0.4 is 10.4 Å². The molecule has 0 spiro atoms. The molecule has 0 aromatic heterocycles. The molecule has 1 unspecified atom stereocenters. The van der Waals surface area contributed by atoms with Gasteiger partial charge in [-0.05, 0) is 28.3 Å². The Hall–Kier alpha value is -2.70. The number of allylic oxidation sites excluding steroid dienone is 1. The summed E-state index contributed by atoms with van der Waals surface area (Å²) in [5.74, 6) is -2.69. The van der Waals surface area contributed by atoms with E-state index < -0.39 is 32.1 Å². The van der Waals surface area contributed by atoms with Crippen molar-refractivity contribution in [3.05, 3.63) is 73.3 Å². The first-order valence-corrected chi connectivity index (χ1v) is 13.1. The minimum Gasteiger partial charge on any atom is -0.468 e. The zero-order valence-electron chi connectivity index (χ0n) is 20.4. The fraction of sp³-hybridized carbons (Fsp3) is 0.407. The van der Waals surface area contributed by atoms with Gasteiger partial charge >= 0.3 is 11.9 Å². The zero-order valence-corrected chi connectivity index (χ0v) is 21.4. The molecule has 0 heterocycles. The highest BCUT2D eigenvalue weighted by Gasteiger charge is 2.51. The van der Waals surface area contributed by atoms with Crippen molar-refractivity contribution >= 4 is 30.6 Å². The average Bonchev–Trinajstić information content (AvgIpc) is 2.82. The molecule has 178 valence electrons. The molecule has 5 nitrogen and oxygen atoms in total. The first-order valence-electron chi connectivity index (χ1n) is 11.2. The normalized spacial score (nSPS) is 12.8. The molecule has 0 aliphatic heterocycles. The van der Waals surface area contributed by atoms with E-state index in [9.17, 15) is 9.59 Å². The van der Waals surface area contributed by atoms with E-state index in [1.165, 1.54) is 14.2 Å². The Morgan fingerprint density at radius 2 is 1.36 bits per heavy atom. The highest BCUT2D eigenvalue weighted by atomic mass is 28.4. The van der Waals surface area contributed by atoms with Gasteiger partial charge in [-0.3, -0.25) is 9.59 Å². The standard InChI is InChI=1S/C27H36O5Si/c1-7-8-15-21(24(25(28)30-5)26(29)31-6)20-32-33(27(2,3)4,22-16-11-9-12-17-22)23-18-13-10-14-19-23/h7,9-14,16-19,21,24H,1,8,15,20H2,2-6H3. The molecule has 0 radical (unpaired) electrons. The first kappa shape index (κ1) is 26.5. The van der Waals surface area contributed by atoms with Gasteiger partial charge in [-0.15, -0.1) is 6.58 Å². The molecule has 0 saturated carbocycles. The highest BCUT2D eigenvalue weighted by Crippen LogP contribution is 2.37. The van der Waals surface area contributed by atoms with Crippen LogP contribution in [0.5, 0.6) is 0 Å². The van der Waals surface area contributed by atoms with Crippen molar-refractivity contribution in [3.8, 4) is 0 Å². The Morgan fingerprint density at radius 1 is 0.909 bits per heavy atom. The van der Waals surface area contributed by atoms with Crippen molar-refractivity contribution in [1.29, 1.82) is 0 Å². The Kier molecular flexibility index (Phi) is 9.62. The smallest absolute Gasteiger partial charge is 0.320 e. The summed E-state index contributed by atoms with van der Waals surface area (Å²) >= 11 is 0. The maximum Gasteiger partial charge on any atom is 0.320 e. The van der Waals surface area contributed by atoms with Crippen LogP contribution in [0.2, 0.25) is 5.04 Å². The fourth-order valence-electron chi connectivity index (χ4n) is 4.41. The van der Waals surface area contributed by atoms with E-state index >= 15 is 0 Å². The molecular weight excluding hydrogens is 432 g/mol. The van der Waals surface area contributed by atoms with E-state index in [1.807, 2.05) is 36.4 Å². The van der Waals surface area contributed by atoms with Gasteiger partial charge in [0.15, 0.2) is 5.92 Å². The maximum atomic E-state index is 12.6. The van der Waals surface area contributed by atoms with Crippen LogP contribution in [0.15, 0.2) is 73.3 Å². The van der Waals surface area contributed by atoms with Crippen molar-refractivity contribution in [2.24, 2.45) is 11.8 Å². The number of methoxy groups -OCH3 is 2. The number of benzene rings is 2. The van der Waals surface area contributed by atoms with Crippen LogP contribution in [0.1, 0.15) is 33.6 Å². The van der Waals surface area contributed by atoms with Crippen LogP contribution in [0.3, 0.4) is 0 Å². The summed E-state index contributed by atoms with van der Waals surface area (Å²) in [6.07, 6.45) is 2.97. The predicted molar refractivity (Wildman–Crippen MR) is 134 cm³/mol. The molecule has 0 bridgehead atoms. The number of hydrogen-bond donors (Lipinski definition) is 0. The lowest BCUT2D eigenvalue weighted by molar-refractivity contribution is -0.162. The number of esters is 2. The molecular formula is C27H36O5Si. The Bertz CT molecular complexity index is 850. The van der Waals surface area contributed by atoms with E-state index in [0.29, 0.717) is 12.8 Å². The lowest BCUT2D eigenvalue weighted by atomic mass is 9.89. The van der Waals surface area contributed by atoms with Crippen molar-refractivity contribution in [3.63, 3.8) is 0 Å². The van der Waals surface area contributed by atoms with Gasteiger partial charge < -0.3 is 13.9 Å². The molecule has 2 aromatic carbocycles. The van der Waals surface area contributed by atoms with E-state index in [2.05, 4.69) is 51.6 Å². The third-order valence-corrected chi connectivity index (χ3v) is 11.1. The average molecular weight is 469 g/mol. The molecule has 0 aliphatic rings. The molecule has 1 atom stereocenters. The van der Waals surface area contributed by atoms with Gasteiger partial charge in [0.1, 0.15) is 0 Å². The van der Waals surface area contributed by atoms with E-state index in [1.54, 1.807) is 6.08 Å². The predicted octanol–water partition coefficient (Wildman–Crippen LogP) is 4.11. The molecule has 0 N–H and O–H groups in total. The molecule has 0 aliphatic carbocycles. The Balaban J connectivity index is 2.59. The van der Waals surface area contributed by atoms with Crippen molar-refractivity contribution in [2.75, 3.05) is 20.8 Å². The van der Waals surface area contributed by atoms with Gasteiger partial charge in [0.25, 0.3) is 8.32 Å². The van der Waals surface area contributed by atoms with Gasteiger partial charge in [0, 0.05) is 12.5 Å². The summed E-state index contributed by atoms with van der Waals surface area (Å²) in [5.41, 5.74) is 0. The molecule has 0 amide bonds. The topological polar surface area (TPSA) is 61.8 Å². The Morgan fingerprint density at radius 3 is 1.73 bits per heavy atom. The second kappa shape index (κ2) is 12.0. The molecule has 6 heteroatoms.